The molecule has 0 saturated carbocycles. The third-order valence-electron chi connectivity index (χ3n) is 2.71. The summed E-state index contributed by atoms with van der Waals surface area (Å²) < 4.78 is 0. The van der Waals surface area contributed by atoms with E-state index in [-0.39, 0.29) is 38.6 Å². The van der Waals surface area contributed by atoms with Gasteiger partial charge in [0.2, 0.25) is 5.91 Å². The Labute approximate surface area is 155 Å². The molecular weight excluding hydrogens is 355 g/mol. The van der Waals surface area contributed by atoms with Crippen molar-refractivity contribution in [2.24, 2.45) is 0 Å². The topological polar surface area (TPSA) is 29.1 Å². The number of nitrogens with one attached hydrogen (secondary N) is 1. The Kier molecular flexibility index (Phi) is 8.59. The molecule has 1 amide bonds. The van der Waals surface area contributed by atoms with E-state index in [9.17, 15) is 4.79 Å². The van der Waals surface area contributed by atoms with Crippen molar-refractivity contribution < 1.29 is 37.5 Å². The number of carbonyl (C=O) groups excluding carboxylic acids is 1. The number of thioether (sulfide) groups is 1. The van der Waals surface area contributed by atoms with Crippen molar-refractivity contribution in [3.63, 3.8) is 0 Å². The Morgan fingerprint density at radius 3 is 2.71 bits per heavy atom. The molecule has 2 rings (SSSR count). The molecule has 0 fully saturated rings. The van der Waals surface area contributed by atoms with Gasteiger partial charge in [0.25, 0.3) is 0 Å². The summed E-state index contributed by atoms with van der Waals surface area (Å²) in [6, 6.07) is 18.5. The van der Waals surface area contributed by atoms with Crippen LogP contribution in [-0.2, 0) is 44.0 Å². The molecule has 4 heteroatoms. The van der Waals surface area contributed by atoms with E-state index in [0.29, 0.717) is 12.3 Å². The van der Waals surface area contributed by atoms with E-state index in [1.54, 1.807) is 6.07 Å². The zero-order chi connectivity index (χ0) is 14.2. The van der Waals surface area contributed by atoms with Crippen molar-refractivity contribution >= 4 is 23.7 Å². The van der Waals surface area contributed by atoms with Gasteiger partial charge in [0.15, 0.2) is 0 Å². The maximum absolute atomic E-state index is 11.8. The number of hydrogen-bond acceptors (Lipinski definition) is 2. The first kappa shape index (κ1) is 18.2. The average molecular weight is 370 g/mol. The fourth-order valence-corrected chi connectivity index (χ4v) is 2.53. The largest absolute Gasteiger partial charge is 0.351 e. The van der Waals surface area contributed by atoms with E-state index < -0.39 is 0 Å². The summed E-state index contributed by atoms with van der Waals surface area (Å²) in [5.41, 5.74) is 1.92. The Bertz CT molecular complexity index is 586. The van der Waals surface area contributed by atoms with Crippen LogP contribution in [-0.4, -0.2) is 11.7 Å². The Morgan fingerprint density at radius 1 is 1.24 bits per heavy atom. The van der Waals surface area contributed by atoms with Crippen LogP contribution in [0, 0.1) is 12.6 Å². The van der Waals surface area contributed by atoms with Gasteiger partial charge in [0.1, 0.15) is 0 Å². The van der Waals surface area contributed by atoms with Crippen LogP contribution in [0.5, 0.6) is 0 Å². The normalized spacial score (nSPS) is 9.52. The summed E-state index contributed by atoms with van der Waals surface area (Å²) in [5.74, 6) is 0.372. The number of amides is 1. The van der Waals surface area contributed by atoms with Crippen LogP contribution < -0.4 is 5.32 Å². The second kappa shape index (κ2) is 9.94. The van der Waals surface area contributed by atoms with Crippen molar-refractivity contribution in [3.05, 3.63) is 72.3 Å². The molecule has 0 heterocycles. The molecule has 21 heavy (non-hydrogen) atoms. The minimum Gasteiger partial charge on any atom is -0.351 e. The van der Waals surface area contributed by atoms with Gasteiger partial charge in [-0.25, -0.2) is 6.07 Å². The van der Waals surface area contributed by atoms with Crippen LogP contribution in [0.1, 0.15) is 11.1 Å². The molecule has 1 radical (unpaired) electrons. The van der Waals surface area contributed by atoms with Crippen LogP contribution in [0.3, 0.4) is 0 Å². The van der Waals surface area contributed by atoms with Gasteiger partial charge in [-0.1, -0.05) is 30.3 Å². The van der Waals surface area contributed by atoms with Gasteiger partial charge < -0.3 is 18.0 Å². The molecule has 2 nitrogen and oxygen atoms in total. The van der Waals surface area contributed by atoms with Crippen LogP contribution >= 0.6 is 11.8 Å². The van der Waals surface area contributed by atoms with Crippen LogP contribution in [0.2, 0.25) is 0 Å². The molecule has 0 bridgehead atoms. The first-order valence-electron chi connectivity index (χ1n) is 6.28. The van der Waals surface area contributed by atoms with Gasteiger partial charge in [-0.2, -0.15) is 22.7 Å². The predicted octanol–water partition coefficient (Wildman–Crippen LogP) is 3.34. The van der Waals surface area contributed by atoms with E-state index in [4.69, 9.17) is 6.58 Å². The van der Waals surface area contributed by atoms with Crippen LogP contribution in [0.4, 0.5) is 0 Å². The zero-order valence-corrected chi connectivity index (χ0v) is 15.2. The third-order valence-corrected chi connectivity index (χ3v) is 3.78. The Morgan fingerprint density at radius 2 is 2.00 bits per heavy atom. The molecule has 0 aliphatic carbocycles. The van der Waals surface area contributed by atoms with Gasteiger partial charge in [-0.3, -0.25) is 10.4 Å². The fourth-order valence-electron chi connectivity index (χ4n) is 1.68. The minimum absolute atomic E-state index is 0. The van der Waals surface area contributed by atoms with Gasteiger partial charge >= 0.3 is 0 Å². The maximum Gasteiger partial charge on any atom is 0.229 e. The number of rotatable bonds is 6. The first-order chi connectivity index (χ1) is 9.79. The van der Waals surface area contributed by atoms with E-state index in [0.717, 1.165) is 16.0 Å². The average Bonchev–Trinajstić information content (AvgIpc) is 2.52. The van der Waals surface area contributed by atoms with Crippen molar-refractivity contribution in [1.82, 2.24) is 5.32 Å². The van der Waals surface area contributed by atoms with Gasteiger partial charge in [-0.15, -0.1) is 12.1 Å². The molecule has 0 aliphatic rings. The van der Waals surface area contributed by atoms with Crippen LogP contribution in [0.15, 0.2) is 53.4 Å². The molecule has 0 aliphatic heterocycles. The molecule has 0 aromatic heterocycles. The van der Waals surface area contributed by atoms with Crippen molar-refractivity contribution in [2.75, 3.05) is 5.75 Å². The van der Waals surface area contributed by atoms with E-state index in [1.165, 1.54) is 17.8 Å². The first-order valence-corrected chi connectivity index (χ1v) is 7.27. The molecule has 0 atom stereocenters. The molecule has 0 unspecified atom stereocenters. The molecule has 0 saturated heterocycles. The summed E-state index contributed by atoms with van der Waals surface area (Å²) in [5, 5.41) is 2.90. The summed E-state index contributed by atoms with van der Waals surface area (Å²) in [7, 11) is 0. The zero-order valence-electron chi connectivity index (χ0n) is 11.6. The van der Waals surface area contributed by atoms with E-state index in [1.807, 2.05) is 42.5 Å². The number of carbonyl (C=O) groups is 1. The molecule has 0 spiro atoms. The Hall–Kier alpha value is -0.896. The second-order valence-corrected chi connectivity index (χ2v) is 5.18. The molecular formula is C17H15NOSY-2. The smallest absolute Gasteiger partial charge is 0.229 e. The van der Waals surface area contributed by atoms with Crippen molar-refractivity contribution in [3.8, 4) is 0 Å². The van der Waals surface area contributed by atoms with Gasteiger partial charge in [-0.05, 0) is 5.56 Å². The minimum atomic E-state index is 0. The van der Waals surface area contributed by atoms with Gasteiger partial charge in [0, 0.05) is 39.3 Å². The molecule has 2 aromatic carbocycles. The van der Waals surface area contributed by atoms with E-state index in [2.05, 4.69) is 11.4 Å². The Balaban J connectivity index is 0.00000220. The summed E-state index contributed by atoms with van der Waals surface area (Å²) in [6.45, 7) is 6.07. The van der Waals surface area contributed by atoms with E-state index >= 15 is 0 Å². The molecule has 105 valence electrons. The summed E-state index contributed by atoms with van der Waals surface area (Å²) >= 11 is 1.46. The maximum atomic E-state index is 11.8. The monoisotopic (exact) mass is 370 g/mol. The molecule has 2 aromatic rings. The van der Waals surface area contributed by atoms with Crippen molar-refractivity contribution in [2.45, 2.75) is 11.4 Å². The molecule has 1 N–H and O–H groups in total. The standard InChI is InChI=1S/C17H15NOS.Y/c1-2-15-10-6-7-11-16(15)20-13-17(19)18-12-14-8-4-3-5-9-14;/h1-9,11H,12-13H2,(H,18,19);/q-2;. The van der Waals surface area contributed by atoms with Gasteiger partial charge in [0.05, 0.1) is 5.75 Å². The summed E-state index contributed by atoms with van der Waals surface area (Å²) in [6.07, 6.45) is 1.50. The summed E-state index contributed by atoms with van der Waals surface area (Å²) in [4.78, 5) is 12.8. The number of benzene rings is 2. The van der Waals surface area contributed by atoms with Crippen molar-refractivity contribution in [1.29, 1.82) is 0 Å². The second-order valence-electron chi connectivity index (χ2n) is 4.17. The number of hydrogen-bond donors (Lipinski definition) is 1. The fraction of sp³-hybridized carbons (Fsp3) is 0.118. The predicted molar refractivity (Wildman–Crippen MR) is 83.1 cm³/mol. The van der Waals surface area contributed by atoms with Crippen LogP contribution in [0.25, 0.3) is 6.08 Å². The SMILES string of the molecule is [CH-]=Cc1[c-]cccc1SCC(=O)NCc1ccccc1.[Y]. The quantitative estimate of drug-likeness (QED) is 0.624. The third kappa shape index (κ3) is 6.17.